The van der Waals surface area contributed by atoms with E-state index in [2.05, 4.69) is 17.6 Å². The molecule has 3 unspecified atom stereocenters. The fourth-order valence-electron chi connectivity index (χ4n) is 3.17. The van der Waals surface area contributed by atoms with Gasteiger partial charge in [0.05, 0.1) is 0 Å². The lowest BCUT2D eigenvalue weighted by Gasteiger charge is -2.37. The molecule has 2 aliphatic heterocycles. The number of carbonyl (C=O) groups is 2. The zero-order chi connectivity index (χ0) is 14.5. The Morgan fingerprint density at radius 1 is 1.29 bits per heavy atom. The minimum atomic E-state index is -0.259. The third-order valence-corrected chi connectivity index (χ3v) is 4.58. The number of nitrogens with one attached hydrogen (secondary N) is 2. The van der Waals surface area contributed by atoms with E-state index >= 15 is 0 Å². The van der Waals surface area contributed by atoms with Gasteiger partial charge < -0.3 is 15.5 Å². The largest absolute Gasteiger partial charge is 0.350 e. The van der Waals surface area contributed by atoms with Crippen molar-refractivity contribution in [1.82, 2.24) is 15.5 Å². The van der Waals surface area contributed by atoms with Crippen LogP contribution in [-0.4, -0.2) is 48.4 Å². The summed E-state index contributed by atoms with van der Waals surface area (Å²) >= 11 is 0. The molecule has 21 heavy (non-hydrogen) atoms. The number of halogens is 1. The van der Waals surface area contributed by atoms with Gasteiger partial charge in [-0.05, 0) is 38.1 Å². The van der Waals surface area contributed by atoms with Crippen LogP contribution in [0, 0.1) is 5.92 Å². The molecule has 0 spiro atoms. The minimum absolute atomic E-state index is 0. The Labute approximate surface area is 133 Å². The quantitative estimate of drug-likeness (QED) is 0.825. The van der Waals surface area contributed by atoms with E-state index in [1.54, 1.807) is 4.90 Å². The molecule has 0 saturated carbocycles. The highest BCUT2D eigenvalue weighted by molar-refractivity contribution is 5.88. The first-order valence-electron chi connectivity index (χ1n) is 7.94. The second-order valence-electron chi connectivity index (χ2n) is 6.04. The smallest absolute Gasteiger partial charge is 0.243 e. The highest BCUT2D eigenvalue weighted by Gasteiger charge is 2.33. The second kappa shape index (κ2) is 8.59. The lowest BCUT2D eigenvalue weighted by molar-refractivity contribution is -0.142. The first-order valence-corrected chi connectivity index (χ1v) is 7.94. The summed E-state index contributed by atoms with van der Waals surface area (Å²) in [4.78, 5) is 26.3. The molecule has 2 aliphatic rings. The van der Waals surface area contributed by atoms with Crippen molar-refractivity contribution in [3.05, 3.63) is 0 Å². The Balaban J connectivity index is 0.00000220. The maximum absolute atomic E-state index is 12.5. The van der Waals surface area contributed by atoms with Crippen LogP contribution in [0.5, 0.6) is 0 Å². The Morgan fingerprint density at radius 3 is 2.71 bits per heavy atom. The van der Waals surface area contributed by atoms with Gasteiger partial charge in [0.2, 0.25) is 11.8 Å². The van der Waals surface area contributed by atoms with Gasteiger partial charge in [0.15, 0.2) is 0 Å². The summed E-state index contributed by atoms with van der Waals surface area (Å²) in [6.07, 6.45) is 4.41. The van der Waals surface area contributed by atoms with E-state index in [0.29, 0.717) is 12.3 Å². The molecule has 2 rings (SSSR count). The van der Waals surface area contributed by atoms with E-state index in [0.717, 1.165) is 45.3 Å². The van der Waals surface area contributed by atoms with E-state index in [-0.39, 0.29) is 36.3 Å². The van der Waals surface area contributed by atoms with Crippen LogP contribution in [0.4, 0.5) is 0 Å². The van der Waals surface area contributed by atoms with Gasteiger partial charge in [0.25, 0.3) is 0 Å². The first kappa shape index (κ1) is 18.2. The molecule has 0 bridgehead atoms. The zero-order valence-electron chi connectivity index (χ0n) is 13.1. The monoisotopic (exact) mass is 317 g/mol. The number of rotatable bonds is 3. The van der Waals surface area contributed by atoms with Gasteiger partial charge in [-0.25, -0.2) is 0 Å². The average molecular weight is 318 g/mol. The maximum atomic E-state index is 12.5. The van der Waals surface area contributed by atoms with Crippen molar-refractivity contribution < 1.29 is 9.59 Å². The SMILES string of the molecule is CCC(=O)N1CCCCC1C(=O)NC1CNCCC1C.Cl. The molecule has 2 heterocycles. The van der Waals surface area contributed by atoms with Crippen molar-refractivity contribution in [1.29, 1.82) is 0 Å². The fourth-order valence-corrected chi connectivity index (χ4v) is 3.17. The van der Waals surface area contributed by atoms with Gasteiger partial charge in [-0.1, -0.05) is 13.8 Å². The molecule has 2 amide bonds. The molecule has 0 radical (unpaired) electrons. The highest BCUT2D eigenvalue weighted by Crippen LogP contribution is 2.19. The molecular formula is C15H28ClN3O2. The Morgan fingerprint density at radius 2 is 2.05 bits per heavy atom. The van der Waals surface area contributed by atoms with Gasteiger partial charge in [0, 0.05) is 25.6 Å². The number of hydrogen-bond donors (Lipinski definition) is 2. The van der Waals surface area contributed by atoms with Gasteiger partial charge in [-0.2, -0.15) is 0 Å². The van der Waals surface area contributed by atoms with Crippen molar-refractivity contribution >= 4 is 24.2 Å². The third-order valence-electron chi connectivity index (χ3n) is 4.58. The Hall–Kier alpha value is -0.810. The lowest BCUT2D eigenvalue weighted by Crippen LogP contribution is -2.57. The highest BCUT2D eigenvalue weighted by atomic mass is 35.5. The molecule has 0 aromatic carbocycles. The molecular weight excluding hydrogens is 290 g/mol. The molecule has 3 atom stereocenters. The molecule has 2 fully saturated rings. The van der Waals surface area contributed by atoms with Gasteiger partial charge in [0.1, 0.15) is 6.04 Å². The molecule has 2 N–H and O–H groups in total. The Bertz CT molecular complexity index is 365. The van der Waals surface area contributed by atoms with E-state index in [1.807, 2.05) is 6.92 Å². The zero-order valence-corrected chi connectivity index (χ0v) is 13.9. The predicted molar refractivity (Wildman–Crippen MR) is 85.5 cm³/mol. The predicted octanol–water partition coefficient (Wildman–Crippen LogP) is 1.31. The molecule has 0 aliphatic carbocycles. The molecule has 0 aromatic rings. The normalized spacial score (nSPS) is 29.4. The summed E-state index contributed by atoms with van der Waals surface area (Å²) in [6, 6.07) is -0.0675. The van der Waals surface area contributed by atoms with Crippen molar-refractivity contribution in [3.63, 3.8) is 0 Å². The number of amides is 2. The van der Waals surface area contributed by atoms with Crippen molar-refractivity contribution in [2.24, 2.45) is 5.92 Å². The number of nitrogens with zero attached hydrogens (tertiary/aromatic N) is 1. The second-order valence-corrected chi connectivity index (χ2v) is 6.04. The van der Waals surface area contributed by atoms with E-state index in [9.17, 15) is 9.59 Å². The van der Waals surface area contributed by atoms with Crippen LogP contribution in [0.1, 0.15) is 46.0 Å². The van der Waals surface area contributed by atoms with Crippen LogP contribution in [0.3, 0.4) is 0 Å². The number of piperidine rings is 2. The van der Waals surface area contributed by atoms with Crippen LogP contribution >= 0.6 is 12.4 Å². The lowest BCUT2D eigenvalue weighted by atomic mass is 9.93. The molecule has 5 nitrogen and oxygen atoms in total. The van der Waals surface area contributed by atoms with Crippen molar-refractivity contribution in [3.8, 4) is 0 Å². The summed E-state index contributed by atoms with van der Waals surface area (Å²) in [6.45, 7) is 6.63. The average Bonchev–Trinajstić information content (AvgIpc) is 2.48. The maximum Gasteiger partial charge on any atom is 0.243 e. The van der Waals surface area contributed by atoms with Gasteiger partial charge in [-0.15, -0.1) is 12.4 Å². The summed E-state index contributed by atoms with van der Waals surface area (Å²) in [5.74, 6) is 0.630. The topological polar surface area (TPSA) is 61.4 Å². The van der Waals surface area contributed by atoms with Crippen LogP contribution < -0.4 is 10.6 Å². The van der Waals surface area contributed by atoms with Crippen LogP contribution in [0.15, 0.2) is 0 Å². The summed E-state index contributed by atoms with van der Waals surface area (Å²) in [5, 5.41) is 6.48. The van der Waals surface area contributed by atoms with Gasteiger partial charge >= 0.3 is 0 Å². The summed E-state index contributed by atoms with van der Waals surface area (Å²) in [7, 11) is 0. The van der Waals surface area contributed by atoms with Crippen molar-refractivity contribution in [2.75, 3.05) is 19.6 Å². The fraction of sp³-hybridized carbons (Fsp3) is 0.867. The third kappa shape index (κ3) is 4.58. The van der Waals surface area contributed by atoms with E-state index in [1.165, 1.54) is 0 Å². The van der Waals surface area contributed by atoms with Crippen molar-refractivity contribution in [2.45, 2.75) is 58.0 Å². The van der Waals surface area contributed by atoms with Crippen LogP contribution in [0.25, 0.3) is 0 Å². The van der Waals surface area contributed by atoms with Gasteiger partial charge in [-0.3, -0.25) is 9.59 Å². The number of hydrogen-bond acceptors (Lipinski definition) is 3. The minimum Gasteiger partial charge on any atom is -0.350 e. The Kier molecular flexibility index (Phi) is 7.46. The van der Waals surface area contributed by atoms with Crippen LogP contribution in [0.2, 0.25) is 0 Å². The summed E-state index contributed by atoms with van der Waals surface area (Å²) < 4.78 is 0. The number of carbonyl (C=O) groups excluding carboxylic acids is 2. The standard InChI is InChI=1S/C15H27N3O2.ClH/c1-3-14(19)18-9-5-4-6-13(18)15(20)17-12-10-16-8-7-11(12)2;/h11-13,16H,3-10H2,1-2H3,(H,17,20);1H. The molecule has 6 heteroatoms. The molecule has 2 saturated heterocycles. The van der Waals surface area contributed by atoms with E-state index in [4.69, 9.17) is 0 Å². The summed E-state index contributed by atoms with van der Waals surface area (Å²) in [5.41, 5.74) is 0. The first-order chi connectivity index (χ1) is 9.63. The molecule has 0 aromatic heterocycles. The number of likely N-dealkylation sites (tertiary alicyclic amines) is 1. The van der Waals surface area contributed by atoms with Crippen LogP contribution in [-0.2, 0) is 9.59 Å². The van der Waals surface area contributed by atoms with E-state index < -0.39 is 0 Å². The molecule has 122 valence electrons.